The standard InChI is InChI=1S/C21H24ClNO3/c1-13-5-10-19-17(11-13)18(12-21(3,4)26-19)23-20(24)14(2)25-16-8-6-15(22)7-9-16/h5-11,14,18H,12H2,1-4H3,(H,23,24). The first-order valence-electron chi connectivity index (χ1n) is 8.76. The summed E-state index contributed by atoms with van der Waals surface area (Å²) in [4.78, 5) is 12.7. The molecule has 0 fully saturated rings. The van der Waals surface area contributed by atoms with Gasteiger partial charge in [-0.15, -0.1) is 0 Å². The van der Waals surface area contributed by atoms with Gasteiger partial charge in [-0.1, -0.05) is 29.3 Å². The Balaban J connectivity index is 1.74. The summed E-state index contributed by atoms with van der Waals surface area (Å²) in [6.45, 7) is 7.84. The average Bonchev–Trinajstić information content (AvgIpc) is 2.57. The van der Waals surface area contributed by atoms with Crippen LogP contribution in [0.1, 0.15) is 44.4 Å². The van der Waals surface area contributed by atoms with E-state index in [4.69, 9.17) is 21.1 Å². The van der Waals surface area contributed by atoms with Gasteiger partial charge in [-0.25, -0.2) is 0 Å². The predicted molar refractivity (Wildman–Crippen MR) is 103 cm³/mol. The van der Waals surface area contributed by atoms with Crippen LogP contribution >= 0.6 is 11.6 Å². The molecule has 1 N–H and O–H groups in total. The second kappa shape index (κ2) is 7.20. The van der Waals surface area contributed by atoms with Crippen molar-refractivity contribution in [3.8, 4) is 11.5 Å². The van der Waals surface area contributed by atoms with E-state index in [0.29, 0.717) is 17.2 Å². The Morgan fingerprint density at radius 3 is 2.65 bits per heavy atom. The molecule has 5 heteroatoms. The van der Waals surface area contributed by atoms with Crippen molar-refractivity contribution in [2.24, 2.45) is 0 Å². The van der Waals surface area contributed by atoms with Crippen LogP contribution in [0.5, 0.6) is 11.5 Å². The average molecular weight is 374 g/mol. The molecule has 0 bridgehead atoms. The molecule has 1 heterocycles. The van der Waals surface area contributed by atoms with E-state index in [1.807, 2.05) is 32.9 Å². The Morgan fingerprint density at radius 2 is 1.96 bits per heavy atom. The van der Waals surface area contributed by atoms with E-state index in [0.717, 1.165) is 16.9 Å². The number of halogens is 1. The summed E-state index contributed by atoms with van der Waals surface area (Å²) in [7, 11) is 0. The van der Waals surface area contributed by atoms with Gasteiger partial charge in [-0.05, 0) is 58.0 Å². The van der Waals surface area contributed by atoms with Gasteiger partial charge in [0.1, 0.15) is 17.1 Å². The van der Waals surface area contributed by atoms with Crippen LogP contribution in [0.3, 0.4) is 0 Å². The van der Waals surface area contributed by atoms with E-state index < -0.39 is 6.10 Å². The second-order valence-electron chi connectivity index (χ2n) is 7.38. The van der Waals surface area contributed by atoms with Crippen LogP contribution in [0.25, 0.3) is 0 Å². The molecule has 4 nitrogen and oxygen atoms in total. The number of carbonyl (C=O) groups is 1. The Bertz CT molecular complexity index is 801. The molecular weight excluding hydrogens is 350 g/mol. The molecule has 0 spiro atoms. The van der Waals surface area contributed by atoms with Crippen LogP contribution in [0.4, 0.5) is 0 Å². The summed E-state index contributed by atoms with van der Waals surface area (Å²) < 4.78 is 11.8. The maximum Gasteiger partial charge on any atom is 0.261 e. The summed E-state index contributed by atoms with van der Waals surface area (Å²) in [6, 6.07) is 12.9. The normalized spacial score (nSPS) is 19.0. The number of nitrogens with one attached hydrogen (secondary N) is 1. The van der Waals surface area contributed by atoms with E-state index in [1.54, 1.807) is 31.2 Å². The van der Waals surface area contributed by atoms with Crippen LogP contribution in [-0.4, -0.2) is 17.6 Å². The van der Waals surface area contributed by atoms with Crippen molar-refractivity contribution in [3.63, 3.8) is 0 Å². The number of rotatable bonds is 4. The zero-order chi connectivity index (χ0) is 18.9. The van der Waals surface area contributed by atoms with Gasteiger partial charge < -0.3 is 14.8 Å². The highest BCUT2D eigenvalue weighted by Gasteiger charge is 2.35. The van der Waals surface area contributed by atoms with E-state index in [9.17, 15) is 4.79 Å². The molecular formula is C21H24ClNO3. The summed E-state index contributed by atoms with van der Waals surface area (Å²) >= 11 is 5.88. The fourth-order valence-corrected chi connectivity index (χ4v) is 3.29. The maximum atomic E-state index is 12.7. The molecule has 138 valence electrons. The molecule has 26 heavy (non-hydrogen) atoms. The smallest absolute Gasteiger partial charge is 0.261 e. The van der Waals surface area contributed by atoms with E-state index in [2.05, 4.69) is 11.4 Å². The fraction of sp³-hybridized carbons (Fsp3) is 0.381. The van der Waals surface area contributed by atoms with Crippen molar-refractivity contribution in [2.45, 2.75) is 51.9 Å². The Hall–Kier alpha value is -2.20. The fourth-order valence-electron chi connectivity index (χ4n) is 3.16. The minimum absolute atomic E-state index is 0.114. The molecule has 3 rings (SSSR count). The third-order valence-corrected chi connectivity index (χ3v) is 4.69. The number of carbonyl (C=O) groups excluding carboxylic acids is 1. The topological polar surface area (TPSA) is 47.6 Å². The first-order chi connectivity index (χ1) is 12.2. The monoisotopic (exact) mass is 373 g/mol. The molecule has 0 radical (unpaired) electrons. The molecule has 0 saturated carbocycles. The van der Waals surface area contributed by atoms with Crippen molar-refractivity contribution >= 4 is 17.5 Å². The van der Waals surface area contributed by atoms with Crippen LogP contribution in [0.2, 0.25) is 5.02 Å². The highest BCUT2D eigenvalue weighted by atomic mass is 35.5. The number of benzene rings is 2. The first kappa shape index (κ1) is 18.6. The number of fused-ring (bicyclic) bond motifs is 1. The minimum atomic E-state index is -0.615. The molecule has 0 saturated heterocycles. The summed E-state index contributed by atoms with van der Waals surface area (Å²) in [5, 5.41) is 3.75. The first-order valence-corrected chi connectivity index (χ1v) is 9.13. The van der Waals surface area contributed by atoms with E-state index >= 15 is 0 Å². The Morgan fingerprint density at radius 1 is 1.27 bits per heavy atom. The molecule has 2 atom stereocenters. The van der Waals surface area contributed by atoms with Crippen molar-refractivity contribution in [3.05, 3.63) is 58.6 Å². The summed E-state index contributed by atoms with van der Waals surface area (Å²) in [5.41, 5.74) is 1.80. The van der Waals surface area contributed by atoms with Gasteiger partial charge in [0.2, 0.25) is 0 Å². The third kappa shape index (κ3) is 4.31. The SMILES string of the molecule is Cc1ccc2c(c1)C(NC(=O)C(C)Oc1ccc(Cl)cc1)CC(C)(C)O2. The van der Waals surface area contributed by atoms with Gasteiger partial charge in [-0.3, -0.25) is 4.79 Å². The van der Waals surface area contributed by atoms with Gasteiger partial charge >= 0.3 is 0 Å². The molecule has 2 unspecified atom stereocenters. The van der Waals surface area contributed by atoms with E-state index in [1.165, 1.54) is 0 Å². The van der Waals surface area contributed by atoms with Crippen LogP contribution in [0, 0.1) is 6.92 Å². The number of aryl methyl sites for hydroxylation is 1. The minimum Gasteiger partial charge on any atom is -0.487 e. The zero-order valence-electron chi connectivity index (χ0n) is 15.5. The molecule has 0 aliphatic carbocycles. The number of amides is 1. The van der Waals surface area contributed by atoms with Crippen molar-refractivity contribution < 1.29 is 14.3 Å². The third-order valence-electron chi connectivity index (χ3n) is 4.43. The molecule has 1 amide bonds. The number of hydrogen-bond acceptors (Lipinski definition) is 3. The highest BCUT2D eigenvalue weighted by Crippen LogP contribution is 2.39. The van der Waals surface area contributed by atoms with Gasteiger partial charge in [0.15, 0.2) is 6.10 Å². The zero-order valence-corrected chi connectivity index (χ0v) is 16.3. The lowest BCUT2D eigenvalue weighted by molar-refractivity contribution is -0.128. The van der Waals surface area contributed by atoms with Crippen molar-refractivity contribution in [2.75, 3.05) is 0 Å². The summed E-state index contributed by atoms with van der Waals surface area (Å²) in [6.07, 6.45) is 0.0819. The van der Waals surface area contributed by atoms with Gasteiger partial charge in [0, 0.05) is 17.0 Å². The maximum absolute atomic E-state index is 12.7. The second-order valence-corrected chi connectivity index (χ2v) is 7.82. The highest BCUT2D eigenvalue weighted by molar-refractivity contribution is 6.30. The van der Waals surface area contributed by atoms with Gasteiger partial charge in [-0.2, -0.15) is 0 Å². The van der Waals surface area contributed by atoms with Crippen LogP contribution < -0.4 is 14.8 Å². The number of ether oxygens (including phenoxy) is 2. The Kier molecular flexibility index (Phi) is 5.15. The molecule has 2 aromatic carbocycles. The lowest BCUT2D eigenvalue weighted by Gasteiger charge is -2.38. The van der Waals surface area contributed by atoms with Crippen molar-refractivity contribution in [1.29, 1.82) is 0 Å². The summed E-state index contributed by atoms with van der Waals surface area (Å²) in [5.74, 6) is 1.28. The van der Waals surface area contributed by atoms with Crippen LogP contribution in [-0.2, 0) is 4.79 Å². The van der Waals surface area contributed by atoms with Crippen molar-refractivity contribution in [1.82, 2.24) is 5.32 Å². The largest absolute Gasteiger partial charge is 0.487 e. The predicted octanol–water partition coefficient (Wildman–Crippen LogP) is 4.83. The molecule has 2 aromatic rings. The molecule has 1 aliphatic rings. The quantitative estimate of drug-likeness (QED) is 0.834. The number of hydrogen-bond donors (Lipinski definition) is 1. The molecule has 0 aromatic heterocycles. The van der Waals surface area contributed by atoms with Crippen LogP contribution in [0.15, 0.2) is 42.5 Å². The van der Waals surface area contributed by atoms with Gasteiger partial charge in [0.25, 0.3) is 5.91 Å². The Labute approximate surface area is 159 Å². The lowest BCUT2D eigenvalue weighted by atomic mass is 9.89. The lowest BCUT2D eigenvalue weighted by Crippen LogP contribution is -2.44. The van der Waals surface area contributed by atoms with Gasteiger partial charge in [0.05, 0.1) is 6.04 Å². The molecule has 1 aliphatic heterocycles. The van der Waals surface area contributed by atoms with E-state index in [-0.39, 0.29) is 17.6 Å².